The van der Waals surface area contributed by atoms with Crippen LogP contribution in [0.2, 0.25) is 0 Å². The number of hydrogen-bond acceptors (Lipinski definition) is 3. The number of nitrogens with one attached hydrogen (secondary N) is 2. The van der Waals surface area contributed by atoms with E-state index in [0.717, 1.165) is 19.4 Å². The lowest BCUT2D eigenvalue weighted by molar-refractivity contribution is -0.124. The molecule has 108 valence electrons. The molecule has 1 fully saturated rings. The van der Waals surface area contributed by atoms with Crippen LogP contribution in [0.4, 0.5) is 5.69 Å². The molecule has 1 aromatic carbocycles. The van der Waals surface area contributed by atoms with E-state index < -0.39 is 11.4 Å². The molecule has 1 amide bonds. The molecule has 1 unspecified atom stereocenters. The molecule has 0 spiro atoms. The summed E-state index contributed by atoms with van der Waals surface area (Å²) in [5.41, 5.74) is 0.242. The topological polar surface area (TPSA) is 78.4 Å². The summed E-state index contributed by atoms with van der Waals surface area (Å²) < 4.78 is 0.674. The summed E-state index contributed by atoms with van der Waals surface area (Å²) in [5.74, 6) is -1.08. The summed E-state index contributed by atoms with van der Waals surface area (Å²) in [6.07, 6.45) is 1.55. The van der Waals surface area contributed by atoms with Crippen LogP contribution in [-0.2, 0) is 4.79 Å². The minimum atomic E-state index is -1.01. The van der Waals surface area contributed by atoms with Crippen molar-refractivity contribution in [1.29, 1.82) is 0 Å². The van der Waals surface area contributed by atoms with Crippen LogP contribution < -0.4 is 10.6 Å². The Hall–Kier alpha value is -1.40. The van der Waals surface area contributed by atoms with Gasteiger partial charge in [0.2, 0.25) is 5.91 Å². The third kappa shape index (κ3) is 2.86. The second-order valence-corrected chi connectivity index (χ2v) is 5.87. The fourth-order valence-electron chi connectivity index (χ4n) is 2.41. The van der Waals surface area contributed by atoms with E-state index in [1.807, 2.05) is 6.92 Å². The van der Waals surface area contributed by atoms with Gasteiger partial charge in [-0.05, 0) is 53.5 Å². The van der Waals surface area contributed by atoms with Crippen LogP contribution in [0, 0.1) is 5.41 Å². The molecule has 0 aliphatic carbocycles. The second-order valence-electron chi connectivity index (χ2n) is 5.01. The van der Waals surface area contributed by atoms with Gasteiger partial charge in [-0.1, -0.05) is 6.92 Å². The van der Waals surface area contributed by atoms with Gasteiger partial charge < -0.3 is 15.7 Å². The van der Waals surface area contributed by atoms with Crippen LogP contribution in [0.3, 0.4) is 0 Å². The van der Waals surface area contributed by atoms with Crippen molar-refractivity contribution in [2.75, 3.05) is 18.4 Å². The number of carboxylic acid groups (broad SMARTS) is 1. The van der Waals surface area contributed by atoms with Crippen molar-refractivity contribution < 1.29 is 14.7 Å². The van der Waals surface area contributed by atoms with Crippen molar-refractivity contribution in [2.45, 2.75) is 19.8 Å². The fraction of sp³-hybridized carbons (Fsp3) is 0.429. The average Bonchev–Trinajstić information content (AvgIpc) is 2.91. The number of carboxylic acids is 1. The summed E-state index contributed by atoms with van der Waals surface area (Å²) in [7, 11) is 0. The molecule has 0 aromatic heterocycles. The van der Waals surface area contributed by atoms with E-state index in [0.29, 0.717) is 16.7 Å². The first-order valence-corrected chi connectivity index (χ1v) is 7.33. The van der Waals surface area contributed by atoms with Gasteiger partial charge in [-0.3, -0.25) is 4.79 Å². The Kier molecular flexibility index (Phi) is 4.45. The van der Waals surface area contributed by atoms with Gasteiger partial charge >= 0.3 is 5.97 Å². The lowest BCUT2D eigenvalue weighted by atomic mass is 9.83. The summed E-state index contributed by atoms with van der Waals surface area (Å²) in [5, 5.41) is 15.1. The molecule has 5 nitrogen and oxygen atoms in total. The first-order valence-electron chi connectivity index (χ1n) is 6.53. The highest BCUT2D eigenvalue weighted by atomic mass is 79.9. The molecular weight excluding hydrogens is 324 g/mol. The molecule has 0 saturated carbocycles. The Labute approximate surface area is 125 Å². The number of halogens is 1. The molecule has 1 aliphatic heterocycles. The zero-order valence-corrected chi connectivity index (χ0v) is 12.8. The van der Waals surface area contributed by atoms with Crippen molar-refractivity contribution in [2.24, 2.45) is 5.41 Å². The van der Waals surface area contributed by atoms with Crippen LogP contribution in [0.1, 0.15) is 30.1 Å². The maximum absolute atomic E-state index is 12.5. The zero-order valence-electron chi connectivity index (χ0n) is 11.2. The number of carbonyl (C=O) groups is 2. The van der Waals surface area contributed by atoms with Gasteiger partial charge in [0.05, 0.1) is 16.7 Å². The standard InChI is InChI=1S/C14H17BrN2O3/c1-2-14(5-6-16-8-14)13(20)17-11-7-9(12(18)19)3-4-10(11)15/h3-4,7,16H,2,5-6,8H2,1H3,(H,17,20)(H,18,19). The lowest BCUT2D eigenvalue weighted by Gasteiger charge is -2.25. The smallest absolute Gasteiger partial charge is 0.335 e. The second kappa shape index (κ2) is 5.93. The summed E-state index contributed by atoms with van der Waals surface area (Å²) in [6, 6.07) is 4.59. The first-order chi connectivity index (χ1) is 9.48. The van der Waals surface area contributed by atoms with Crippen LogP contribution in [-0.4, -0.2) is 30.1 Å². The van der Waals surface area contributed by atoms with E-state index in [4.69, 9.17) is 5.11 Å². The maximum Gasteiger partial charge on any atom is 0.335 e. The molecule has 2 rings (SSSR count). The largest absolute Gasteiger partial charge is 0.478 e. The highest BCUT2D eigenvalue weighted by molar-refractivity contribution is 9.10. The van der Waals surface area contributed by atoms with E-state index >= 15 is 0 Å². The number of carbonyl (C=O) groups excluding carboxylic acids is 1. The van der Waals surface area contributed by atoms with E-state index in [2.05, 4.69) is 26.6 Å². The maximum atomic E-state index is 12.5. The SMILES string of the molecule is CCC1(C(=O)Nc2cc(C(=O)O)ccc2Br)CCNC1. The third-order valence-electron chi connectivity index (χ3n) is 3.86. The minimum absolute atomic E-state index is 0.0618. The van der Waals surface area contributed by atoms with Crippen molar-refractivity contribution in [1.82, 2.24) is 5.32 Å². The minimum Gasteiger partial charge on any atom is -0.478 e. The van der Waals surface area contributed by atoms with Crippen LogP contribution in [0.25, 0.3) is 0 Å². The van der Waals surface area contributed by atoms with Crippen LogP contribution >= 0.6 is 15.9 Å². The van der Waals surface area contributed by atoms with Crippen molar-refractivity contribution in [3.05, 3.63) is 28.2 Å². The molecule has 0 radical (unpaired) electrons. The zero-order chi connectivity index (χ0) is 14.8. The van der Waals surface area contributed by atoms with Gasteiger partial charge in [0.1, 0.15) is 0 Å². The summed E-state index contributed by atoms with van der Waals surface area (Å²) in [6.45, 7) is 3.48. The molecule has 1 aliphatic rings. The Morgan fingerprint density at radius 3 is 2.80 bits per heavy atom. The average molecular weight is 341 g/mol. The van der Waals surface area contributed by atoms with Gasteiger partial charge in [-0.25, -0.2) is 4.79 Å². The van der Waals surface area contributed by atoms with Gasteiger partial charge in [-0.15, -0.1) is 0 Å². The molecule has 1 saturated heterocycles. The predicted octanol–water partition coefficient (Wildman–Crippen LogP) is 2.48. The van der Waals surface area contributed by atoms with E-state index in [1.165, 1.54) is 12.1 Å². The number of aromatic carboxylic acids is 1. The Morgan fingerprint density at radius 1 is 1.50 bits per heavy atom. The van der Waals surface area contributed by atoms with Gasteiger partial charge in [0, 0.05) is 11.0 Å². The third-order valence-corrected chi connectivity index (χ3v) is 4.56. The molecule has 20 heavy (non-hydrogen) atoms. The normalized spacial score (nSPS) is 21.7. The number of amides is 1. The molecular formula is C14H17BrN2O3. The predicted molar refractivity (Wildman–Crippen MR) is 79.9 cm³/mol. The van der Waals surface area contributed by atoms with Crippen LogP contribution in [0.5, 0.6) is 0 Å². The van der Waals surface area contributed by atoms with Crippen molar-refractivity contribution >= 4 is 33.5 Å². The number of anilines is 1. The quantitative estimate of drug-likeness (QED) is 0.786. The molecule has 1 atom stereocenters. The van der Waals surface area contributed by atoms with Gasteiger partial charge in [0.15, 0.2) is 0 Å². The fourth-order valence-corrected chi connectivity index (χ4v) is 2.75. The number of rotatable bonds is 4. The highest BCUT2D eigenvalue weighted by Gasteiger charge is 2.39. The number of hydrogen-bond donors (Lipinski definition) is 3. The molecule has 3 N–H and O–H groups in total. The molecule has 1 heterocycles. The Balaban J connectivity index is 2.23. The molecule has 1 aromatic rings. The number of benzene rings is 1. The summed E-state index contributed by atoms with van der Waals surface area (Å²) >= 11 is 3.33. The van der Waals surface area contributed by atoms with E-state index in [-0.39, 0.29) is 11.5 Å². The Bertz CT molecular complexity index is 539. The Morgan fingerprint density at radius 2 is 2.25 bits per heavy atom. The van der Waals surface area contributed by atoms with Crippen molar-refractivity contribution in [3.8, 4) is 0 Å². The highest BCUT2D eigenvalue weighted by Crippen LogP contribution is 2.32. The first kappa shape index (κ1) is 15.0. The van der Waals surface area contributed by atoms with Crippen molar-refractivity contribution in [3.63, 3.8) is 0 Å². The van der Waals surface area contributed by atoms with Gasteiger partial charge in [0.25, 0.3) is 0 Å². The molecule has 6 heteroatoms. The summed E-state index contributed by atoms with van der Waals surface area (Å²) in [4.78, 5) is 23.5. The van der Waals surface area contributed by atoms with Crippen LogP contribution in [0.15, 0.2) is 22.7 Å². The van der Waals surface area contributed by atoms with Gasteiger partial charge in [-0.2, -0.15) is 0 Å². The van der Waals surface area contributed by atoms with E-state index in [9.17, 15) is 9.59 Å². The monoisotopic (exact) mass is 340 g/mol. The molecule has 0 bridgehead atoms. The lowest BCUT2D eigenvalue weighted by Crippen LogP contribution is -2.37. The van der Waals surface area contributed by atoms with E-state index in [1.54, 1.807) is 6.07 Å².